The number of hydroxylamine groups is 1. The zero-order valence-electron chi connectivity index (χ0n) is 18.2. The van der Waals surface area contributed by atoms with Crippen molar-refractivity contribution in [1.29, 1.82) is 0 Å². The number of benzene rings is 3. The molecule has 2 unspecified atom stereocenters. The van der Waals surface area contributed by atoms with E-state index < -0.39 is 12.1 Å². The van der Waals surface area contributed by atoms with Crippen LogP contribution < -0.4 is 16.1 Å². The molecule has 0 radical (unpaired) electrons. The maximum Gasteiger partial charge on any atom is 0.408 e. The first kappa shape index (κ1) is 23.6. The molecule has 0 saturated heterocycles. The Bertz CT molecular complexity index is 1200. The molecule has 2 atom stereocenters. The van der Waals surface area contributed by atoms with E-state index in [0.29, 0.717) is 4.61 Å². The number of phenols is 1. The predicted octanol–water partition coefficient (Wildman–Crippen LogP) is 3.64. The Kier molecular flexibility index (Phi) is 7.66. The molecule has 0 saturated carbocycles. The van der Waals surface area contributed by atoms with Gasteiger partial charge >= 0.3 is 6.09 Å². The average Bonchev–Trinajstić information content (AvgIpc) is 3.27. The van der Waals surface area contributed by atoms with Crippen molar-refractivity contribution in [3.63, 3.8) is 0 Å². The number of amides is 2. The van der Waals surface area contributed by atoms with E-state index in [9.17, 15) is 14.7 Å². The number of nitrogens with one attached hydrogen (secondary N) is 3. The van der Waals surface area contributed by atoms with Gasteiger partial charge in [0.15, 0.2) is 0 Å². The highest BCUT2D eigenvalue weighted by Gasteiger charge is 2.24. The normalized spacial score (nSPS) is 15.8. The number of phenolic OH excluding ortho intramolecular Hbond substituents is 1. The molecule has 1 aliphatic heterocycles. The van der Waals surface area contributed by atoms with E-state index in [1.807, 2.05) is 42.5 Å². The number of carbonyl (C=O) groups is 2. The van der Waals surface area contributed by atoms with Crippen molar-refractivity contribution >= 4 is 38.7 Å². The van der Waals surface area contributed by atoms with E-state index in [1.54, 1.807) is 18.2 Å². The number of alkyl carbamates (subject to hydrolysis) is 1. The van der Waals surface area contributed by atoms with Crippen molar-refractivity contribution in [3.8, 4) is 5.75 Å². The van der Waals surface area contributed by atoms with Crippen LogP contribution in [0.25, 0.3) is 10.8 Å². The maximum atomic E-state index is 12.9. The van der Waals surface area contributed by atoms with Gasteiger partial charge in [-0.25, -0.2) is 4.79 Å². The molecule has 176 valence electrons. The molecular formula is C25H24BrN3O5. The van der Waals surface area contributed by atoms with Crippen LogP contribution in [0.4, 0.5) is 4.79 Å². The van der Waals surface area contributed by atoms with Gasteiger partial charge in [-0.2, -0.15) is 0 Å². The van der Waals surface area contributed by atoms with Crippen LogP contribution >= 0.6 is 15.9 Å². The second kappa shape index (κ2) is 11.0. The van der Waals surface area contributed by atoms with Gasteiger partial charge in [0.05, 0.1) is 6.54 Å². The average molecular weight is 526 g/mol. The number of fused-ring (bicyclic) bond motifs is 1. The van der Waals surface area contributed by atoms with Gasteiger partial charge in [-0.3, -0.25) is 15.1 Å². The van der Waals surface area contributed by atoms with Gasteiger partial charge < -0.3 is 20.5 Å². The van der Waals surface area contributed by atoms with Crippen LogP contribution in [0.5, 0.6) is 5.75 Å². The summed E-state index contributed by atoms with van der Waals surface area (Å²) < 4.78 is 6.07. The number of ether oxygens (including phenoxy) is 1. The van der Waals surface area contributed by atoms with E-state index in [1.165, 1.54) is 12.1 Å². The summed E-state index contributed by atoms with van der Waals surface area (Å²) in [6.07, 6.45) is 0.960. The second-order valence-corrected chi connectivity index (χ2v) is 8.70. The van der Waals surface area contributed by atoms with Crippen molar-refractivity contribution in [3.05, 3.63) is 88.5 Å². The van der Waals surface area contributed by atoms with Gasteiger partial charge in [0.25, 0.3) is 0 Å². The van der Waals surface area contributed by atoms with Gasteiger partial charge in [-0.15, -0.1) is 0 Å². The molecule has 9 heteroatoms. The van der Waals surface area contributed by atoms with E-state index >= 15 is 0 Å². The second-order valence-electron chi connectivity index (χ2n) is 7.84. The van der Waals surface area contributed by atoms with Crippen molar-refractivity contribution in [2.24, 2.45) is 0 Å². The molecule has 4 rings (SSSR count). The summed E-state index contributed by atoms with van der Waals surface area (Å²) in [4.78, 5) is 30.7. The first-order chi connectivity index (χ1) is 16.5. The Morgan fingerprint density at radius 1 is 1.06 bits per heavy atom. The van der Waals surface area contributed by atoms with Crippen molar-refractivity contribution in [1.82, 2.24) is 16.1 Å². The largest absolute Gasteiger partial charge is 0.508 e. The third-order valence-corrected chi connectivity index (χ3v) is 5.71. The van der Waals surface area contributed by atoms with E-state index in [0.717, 1.165) is 21.9 Å². The quantitative estimate of drug-likeness (QED) is 0.334. The summed E-state index contributed by atoms with van der Waals surface area (Å²) in [6, 6.07) is 19.3. The first-order valence-corrected chi connectivity index (χ1v) is 11.5. The summed E-state index contributed by atoms with van der Waals surface area (Å²) in [5.74, 6) is -0.258. The number of hydrogen-bond donors (Lipinski definition) is 4. The third-order valence-electron chi connectivity index (χ3n) is 5.29. The van der Waals surface area contributed by atoms with Gasteiger partial charge in [-0.05, 0) is 62.1 Å². The molecule has 0 aliphatic carbocycles. The Morgan fingerprint density at radius 3 is 2.53 bits per heavy atom. The number of carbonyl (C=O) groups excluding carboxylic acids is 2. The topological polar surface area (TPSA) is 109 Å². The van der Waals surface area contributed by atoms with Gasteiger partial charge in [0, 0.05) is 6.42 Å². The Hall–Kier alpha value is -3.56. The molecule has 34 heavy (non-hydrogen) atoms. The lowest BCUT2D eigenvalue weighted by atomic mass is 10.1. The predicted molar refractivity (Wildman–Crippen MR) is 131 cm³/mol. The summed E-state index contributed by atoms with van der Waals surface area (Å²) in [5, 5.41) is 17.1. The minimum Gasteiger partial charge on any atom is -0.508 e. The van der Waals surface area contributed by atoms with E-state index in [-0.39, 0.29) is 37.3 Å². The number of hydrogen-bond acceptors (Lipinski definition) is 6. The lowest BCUT2D eigenvalue weighted by molar-refractivity contribution is -0.123. The molecule has 1 aliphatic rings. The number of halogens is 1. The molecule has 0 bridgehead atoms. The smallest absolute Gasteiger partial charge is 0.408 e. The zero-order chi connectivity index (χ0) is 23.9. The Balaban J connectivity index is 1.37. The molecule has 0 aromatic heterocycles. The van der Waals surface area contributed by atoms with Crippen molar-refractivity contribution < 1.29 is 24.3 Å². The zero-order valence-corrected chi connectivity index (χ0v) is 19.7. The monoisotopic (exact) mass is 525 g/mol. The number of rotatable bonds is 8. The Labute approximate surface area is 205 Å². The van der Waals surface area contributed by atoms with E-state index in [2.05, 4.69) is 32.0 Å². The van der Waals surface area contributed by atoms with Crippen molar-refractivity contribution in [2.45, 2.75) is 25.2 Å². The van der Waals surface area contributed by atoms with Gasteiger partial charge in [0.1, 0.15) is 29.1 Å². The SMILES string of the molecule is O=C(NC(Cc1ccc(O)cc1)C(=O)NCC1C=C(Br)NO1)OCc1ccc2ccccc2c1. The molecule has 0 fully saturated rings. The van der Waals surface area contributed by atoms with Crippen LogP contribution in [0.1, 0.15) is 11.1 Å². The first-order valence-electron chi connectivity index (χ1n) is 10.7. The van der Waals surface area contributed by atoms with Crippen LogP contribution in [0, 0.1) is 0 Å². The standard InChI is InChI=1S/C25H24BrN3O5/c26-23-13-21(34-29-23)14-27-24(31)22(12-16-6-9-20(30)10-7-16)28-25(32)33-15-17-5-8-18-3-1-2-4-19(18)11-17/h1-11,13,21-22,29-30H,12,14-15H2,(H,27,31)(H,28,32). The molecule has 3 aromatic carbocycles. The maximum absolute atomic E-state index is 12.9. The molecular weight excluding hydrogens is 502 g/mol. The third kappa shape index (κ3) is 6.49. The lowest BCUT2D eigenvalue weighted by Crippen LogP contribution is -2.49. The highest BCUT2D eigenvalue weighted by atomic mass is 79.9. The lowest BCUT2D eigenvalue weighted by Gasteiger charge is -2.19. The van der Waals surface area contributed by atoms with Crippen LogP contribution in [0.2, 0.25) is 0 Å². The molecule has 1 heterocycles. The highest BCUT2D eigenvalue weighted by molar-refractivity contribution is 9.11. The fraction of sp³-hybridized carbons (Fsp3) is 0.200. The minimum absolute atomic E-state index is 0.0740. The molecule has 4 N–H and O–H groups in total. The highest BCUT2D eigenvalue weighted by Crippen LogP contribution is 2.17. The summed E-state index contributed by atoms with van der Waals surface area (Å²) in [6.45, 7) is 0.297. The van der Waals surface area contributed by atoms with Crippen LogP contribution in [-0.4, -0.2) is 35.8 Å². The van der Waals surface area contributed by atoms with E-state index in [4.69, 9.17) is 9.57 Å². The minimum atomic E-state index is -0.879. The summed E-state index contributed by atoms with van der Waals surface area (Å²) in [7, 11) is 0. The summed E-state index contributed by atoms with van der Waals surface area (Å²) >= 11 is 3.27. The fourth-order valence-corrected chi connectivity index (χ4v) is 3.91. The van der Waals surface area contributed by atoms with Crippen LogP contribution in [-0.2, 0) is 27.4 Å². The molecule has 3 aromatic rings. The molecule has 2 amide bonds. The van der Waals surface area contributed by atoms with Crippen LogP contribution in [0.15, 0.2) is 77.4 Å². The molecule has 8 nitrogen and oxygen atoms in total. The van der Waals surface area contributed by atoms with Crippen LogP contribution in [0.3, 0.4) is 0 Å². The molecule has 0 spiro atoms. The summed E-state index contributed by atoms with van der Waals surface area (Å²) in [5.41, 5.74) is 4.27. The van der Waals surface area contributed by atoms with Gasteiger partial charge in [0.2, 0.25) is 5.91 Å². The number of aromatic hydroxyl groups is 1. The van der Waals surface area contributed by atoms with Gasteiger partial charge in [-0.1, -0.05) is 48.5 Å². The fourth-order valence-electron chi connectivity index (χ4n) is 3.53. The Morgan fingerprint density at radius 2 is 1.79 bits per heavy atom. The van der Waals surface area contributed by atoms with Crippen molar-refractivity contribution in [2.75, 3.05) is 6.54 Å².